The van der Waals surface area contributed by atoms with Gasteiger partial charge in [-0.2, -0.15) is 4.31 Å². The quantitative estimate of drug-likeness (QED) is 0.737. The lowest BCUT2D eigenvalue weighted by molar-refractivity contribution is -0.142. The first kappa shape index (κ1) is 15.7. The van der Waals surface area contributed by atoms with Crippen molar-refractivity contribution in [1.82, 2.24) is 4.31 Å². The van der Waals surface area contributed by atoms with Gasteiger partial charge < -0.3 is 14.6 Å². The Bertz CT molecular complexity index is 445. The van der Waals surface area contributed by atoms with Crippen LogP contribution in [-0.4, -0.2) is 68.1 Å². The Labute approximate surface area is 118 Å². The largest absolute Gasteiger partial charge is 0.481 e. The van der Waals surface area contributed by atoms with Crippen LogP contribution in [0.2, 0.25) is 0 Å². The zero-order valence-electron chi connectivity index (χ0n) is 11.5. The summed E-state index contributed by atoms with van der Waals surface area (Å²) in [6.45, 7) is 2.75. The molecule has 0 aromatic rings. The van der Waals surface area contributed by atoms with Crippen LogP contribution in [0, 0.1) is 5.92 Å². The monoisotopic (exact) mass is 307 g/mol. The summed E-state index contributed by atoms with van der Waals surface area (Å²) in [4.78, 5) is 11.2. The van der Waals surface area contributed by atoms with E-state index in [4.69, 9.17) is 14.6 Å². The number of nitrogens with zero attached hydrogens (tertiary/aromatic N) is 1. The molecule has 3 atom stereocenters. The van der Waals surface area contributed by atoms with Crippen molar-refractivity contribution in [3.8, 4) is 0 Å². The summed E-state index contributed by atoms with van der Waals surface area (Å²) >= 11 is 0. The van der Waals surface area contributed by atoms with Gasteiger partial charge in [0, 0.05) is 13.2 Å². The second-order valence-corrected chi connectivity index (χ2v) is 7.13. The van der Waals surface area contributed by atoms with Crippen LogP contribution in [0.4, 0.5) is 0 Å². The minimum Gasteiger partial charge on any atom is -0.481 e. The molecule has 2 rings (SSSR count). The Morgan fingerprint density at radius 3 is 2.70 bits per heavy atom. The number of likely N-dealkylation sites (N-methyl/N-ethyl adjacent to an activating group) is 1. The summed E-state index contributed by atoms with van der Waals surface area (Å²) in [5.41, 5.74) is 0. The maximum Gasteiger partial charge on any atom is 0.310 e. The molecular weight excluding hydrogens is 286 g/mol. The van der Waals surface area contributed by atoms with Crippen LogP contribution in [0.25, 0.3) is 0 Å². The fourth-order valence-corrected chi connectivity index (χ4v) is 4.74. The molecule has 1 N–H and O–H groups in total. The van der Waals surface area contributed by atoms with Crippen LogP contribution in [-0.2, 0) is 24.3 Å². The molecule has 0 aromatic carbocycles. The summed E-state index contributed by atoms with van der Waals surface area (Å²) in [5.74, 6) is -1.89. The average molecular weight is 307 g/mol. The number of hydrogen-bond acceptors (Lipinski definition) is 5. The van der Waals surface area contributed by atoms with Crippen molar-refractivity contribution < 1.29 is 27.8 Å². The van der Waals surface area contributed by atoms with Crippen molar-refractivity contribution in [3.63, 3.8) is 0 Å². The van der Waals surface area contributed by atoms with Crippen molar-refractivity contribution in [2.75, 3.05) is 32.1 Å². The Morgan fingerprint density at radius 2 is 2.15 bits per heavy atom. The lowest BCUT2D eigenvalue weighted by Crippen LogP contribution is -2.48. The summed E-state index contributed by atoms with van der Waals surface area (Å²) in [7, 11) is -3.54. The molecule has 0 aliphatic carbocycles. The van der Waals surface area contributed by atoms with Gasteiger partial charge in [-0.1, -0.05) is 6.92 Å². The van der Waals surface area contributed by atoms with Gasteiger partial charge in [0.05, 0.1) is 37.0 Å². The maximum absolute atomic E-state index is 12.5. The molecule has 116 valence electrons. The van der Waals surface area contributed by atoms with Gasteiger partial charge in [-0.25, -0.2) is 8.42 Å². The highest BCUT2D eigenvalue weighted by Gasteiger charge is 2.42. The van der Waals surface area contributed by atoms with E-state index in [-0.39, 0.29) is 31.6 Å². The summed E-state index contributed by atoms with van der Waals surface area (Å²) < 4.78 is 36.7. The number of carboxylic acid groups (broad SMARTS) is 1. The van der Waals surface area contributed by atoms with Crippen molar-refractivity contribution in [2.45, 2.75) is 31.9 Å². The minimum absolute atomic E-state index is 0.0615. The first-order chi connectivity index (χ1) is 9.45. The summed E-state index contributed by atoms with van der Waals surface area (Å²) in [6.07, 6.45) is 1.33. The highest BCUT2D eigenvalue weighted by molar-refractivity contribution is 7.89. The molecule has 0 aromatic heterocycles. The second-order valence-electron chi connectivity index (χ2n) is 5.17. The topological polar surface area (TPSA) is 93.1 Å². The van der Waals surface area contributed by atoms with E-state index in [9.17, 15) is 13.2 Å². The van der Waals surface area contributed by atoms with Gasteiger partial charge in [-0.15, -0.1) is 0 Å². The molecule has 0 spiro atoms. The second kappa shape index (κ2) is 6.38. The number of sulfonamides is 1. The lowest BCUT2D eigenvalue weighted by Gasteiger charge is -2.29. The fourth-order valence-electron chi connectivity index (χ4n) is 2.81. The van der Waals surface area contributed by atoms with Crippen molar-refractivity contribution in [1.29, 1.82) is 0 Å². The van der Waals surface area contributed by atoms with Crippen molar-refractivity contribution >= 4 is 16.0 Å². The van der Waals surface area contributed by atoms with Crippen LogP contribution in [0.1, 0.15) is 19.8 Å². The van der Waals surface area contributed by atoms with Crippen LogP contribution in [0.15, 0.2) is 0 Å². The predicted octanol–water partition coefficient (Wildman–Crippen LogP) is -0.0833. The van der Waals surface area contributed by atoms with Gasteiger partial charge in [0.2, 0.25) is 10.0 Å². The first-order valence-electron chi connectivity index (χ1n) is 6.87. The highest BCUT2D eigenvalue weighted by atomic mass is 32.2. The van der Waals surface area contributed by atoms with Crippen LogP contribution in [0.3, 0.4) is 0 Å². The Hall–Kier alpha value is -0.700. The lowest BCUT2D eigenvalue weighted by atomic mass is 10.0. The van der Waals surface area contributed by atoms with E-state index < -0.39 is 28.0 Å². The molecule has 20 heavy (non-hydrogen) atoms. The van der Waals surface area contributed by atoms with E-state index in [0.29, 0.717) is 6.61 Å². The number of hydrogen-bond donors (Lipinski definition) is 1. The summed E-state index contributed by atoms with van der Waals surface area (Å²) in [5, 5.41) is 9.15. The number of carbonyl (C=O) groups is 1. The highest BCUT2D eigenvalue weighted by Crippen LogP contribution is 2.24. The van der Waals surface area contributed by atoms with Gasteiger partial charge in [0.25, 0.3) is 0 Å². The minimum atomic E-state index is -3.54. The predicted molar refractivity (Wildman–Crippen MR) is 70.9 cm³/mol. The third-order valence-electron chi connectivity index (χ3n) is 3.83. The van der Waals surface area contributed by atoms with E-state index in [2.05, 4.69) is 0 Å². The number of aliphatic carboxylic acids is 1. The van der Waals surface area contributed by atoms with Gasteiger partial charge in [-0.3, -0.25) is 4.79 Å². The molecule has 0 radical (unpaired) electrons. The van der Waals surface area contributed by atoms with Gasteiger partial charge in [-0.05, 0) is 12.8 Å². The Balaban J connectivity index is 2.11. The molecule has 0 amide bonds. The fraction of sp³-hybridized carbons (Fsp3) is 0.917. The van der Waals surface area contributed by atoms with Gasteiger partial charge >= 0.3 is 5.97 Å². The number of ether oxygens (including phenoxy) is 2. The molecule has 3 unspecified atom stereocenters. The Morgan fingerprint density at radius 1 is 1.40 bits per heavy atom. The van der Waals surface area contributed by atoms with E-state index >= 15 is 0 Å². The maximum atomic E-state index is 12.5. The molecule has 0 bridgehead atoms. The van der Waals surface area contributed by atoms with Gasteiger partial charge in [0.1, 0.15) is 0 Å². The molecule has 2 aliphatic rings. The molecule has 2 heterocycles. The number of rotatable bonds is 6. The molecule has 7 nitrogen and oxygen atoms in total. The van der Waals surface area contributed by atoms with Crippen LogP contribution >= 0.6 is 0 Å². The molecule has 2 saturated heterocycles. The molecule has 2 fully saturated rings. The standard InChI is InChI=1S/C12H21NO6S/c1-2-13(11-7-18-6-10(11)12(14)15)20(16,17)8-9-4-3-5-19-9/h9-11H,2-8H2,1H3,(H,14,15). The molecule has 8 heteroatoms. The van der Waals surface area contributed by atoms with E-state index in [1.165, 1.54) is 4.31 Å². The third kappa shape index (κ3) is 3.30. The van der Waals surface area contributed by atoms with E-state index in [1.54, 1.807) is 6.92 Å². The first-order valence-corrected chi connectivity index (χ1v) is 8.48. The van der Waals surface area contributed by atoms with Crippen LogP contribution < -0.4 is 0 Å². The normalized spacial score (nSPS) is 31.0. The van der Waals surface area contributed by atoms with Crippen LogP contribution in [0.5, 0.6) is 0 Å². The summed E-state index contributed by atoms with van der Waals surface area (Å²) in [6, 6.07) is -0.621. The average Bonchev–Trinajstić information content (AvgIpc) is 3.00. The van der Waals surface area contributed by atoms with E-state index in [1.807, 2.05) is 0 Å². The number of carboxylic acids is 1. The molecular formula is C12H21NO6S. The van der Waals surface area contributed by atoms with Crippen molar-refractivity contribution in [2.24, 2.45) is 5.92 Å². The SMILES string of the molecule is CCN(C1COCC1C(=O)O)S(=O)(=O)CC1CCCO1. The smallest absolute Gasteiger partial charge is 0.310 e. The molecule has 2 aliphatic heterocycles. The van der Waals surface area contributed by atoms with Crippen molar-refractivity contribution in [3.05, 3.63) is 0 Å². The zero-order chi connectivity index (χ0) is 14.8. The molecule has 0 saturated carbocycles. The van der Waals surface area contributed by atoms with E-state index in [0.717, 1.165) is 12.8 Å². The zero-order valence-corrected chi connectivity index (χ0v) is 12.3. The Kier molecular flexibility index (Phi) is 5.00. The van der Waals surface area contributed by atoms with Gasteiger partial charge in [0.15, 0.2) is 0 Å². The third-order valence-corrected chi connectivity index (χ3v) is 5.86.